The van der Waals surface area contributed by atoms with Crippen LogP contribution >= 0.6 is 0 Å². The van der Waals surface area contributed by atoms with E-state index in [0.717, 1.165) is 0 Å². The molecule has 0 fully saturated rings. The molecule has 0 saturated heterocycles. The predicted octanol–water partition coefficient (Wildman–Crippen LogP) is 5.18. The summed E-state index contributed by atoms with van der Waals surface area (Å²) in [4.78, 5) is 9.53. The highest BCUT2D eigenvalue weighted by molar-refractivity contribution is 5.70. The molecule has 0 spiro atoms. The molecule has 0 aromatic rings. The van der Waals surface area contributed by atoms with Gasteiger partial charge in [0.2, 0.25) is 0 Å². The number of nitrogens with zero attached hydrogens (tertiary/aromatic N) is 1. The predicted molar refractivity (Wildman–Crippen MR) is 136 cm³/mol. The molecular weight excluding hydrogens is 400 g/mol. The zero-order valence-electron chi connectivity index (χ0n) is 22.2. The Hall–Kier alpha value is -0.650. The number of hydrogen-bond acceptors (Lipinski definition) is 4. The fourth-order valence-electron chi connectivity index (χ4n) is 4.24. The number of carboxylic acid groups (broad SMARTS) is 1. The largest absolute Gasteiger partial charge is 0.548 e. The van der Waals surface area contributed by atoms with E-state index >= 15 is 0 Å². The molecule has 0 radical (unpaired) electrons. The van der Waals surface area contributed by atoms with Gasteiger partial charge in [-0.2, -0.15) is 0 Å². The highest BCUT2D eigenvalue weighted by Gasteiger charge is 2.25. The van der Waals surface area contributed by atoms with Gasteiger partial charge in [-0.3, -0.25) is 0 Å². The van der Waals surface area contributed by atoms with Crippen molar-refractivity contribution in [2.75, 3.05) is 32.8 Å². The third-order valence-corrected chi connectivity index (χ3v) is 6.44. The van der Waals surface area contributed by atoms with Crippen LogP contribution in [-0.4, -0.2) is 54.4 Å². The Morgan fingerprint density at radius 1 is 0.656 bits per heavy atom. The Balaban J connectivity index is 0. The first-order valence-corrected chi connectivity index (χ1v) is 13.8. The number of aliphatic hydroxyl groups excluding tert-OH is 1. The third kappa shape index (κ3) is 21.2. The molecule has 3 N–H and O–H groups in total. The Bertz CT molecular complexity index is 338. The van der Waals surface area contributed by atoms with Crippen LogP contribution in [0, 0.1) is 0 Å². The van der Waals surface area contributed by atoms with E-state index in [4.69, 9.17) is 10.8 Å². The number of carbonyl (C=O) groups is 1. The van der Waals surface area contributed by atoms with Gasteiger partial charge < -0.3 is 25.2 Å². The van der Waals surface area contributed by atoms with E-state index in [9.17, 15) is 9.90 Å². The van der Waals surface area contributed by atoms with Gasteiger partial charge >= 0.3 is 0 Å². The number of aliphatic hydroxyl groups is 1. The lowest BCUT2D eigenvalue weighted by atomic mass is 10.1. The van der Waals surface area contributed by atoms with E-state index in [1.165, 1.54) is 133 Å². The van der Waals surface area contributed by atoms with Crippen LogP contribution < -0.4 is 10.8 Å². The Morgan fingerprint density at radius 3 is 1.09 bits per heavy atom. The van der Waals surface area contributed by atoms with Gasteiger partial charge in [-0.1, -0.05) is 79.1 Å². The van der Waals surface area contributed by atoms with Crippen molar-refractivity contribution < 1.29 is 19.5 Å². The average molecular weight is 459 g/mol. The van der Waals surface area contributed by atoms with E-state index < -0.39 is 18.6 Å². The summed E-state index contributed by atoms with van der Waals surface area (Å²) in [5.74, 6) is -1.43. The summed E-state index contributed by atoms with van der Waals surface area (Å²) < 4.78 is 1.46. The van der Waals surface area contributed by atoms with Crippen molar-refractivity contribution in [3.8, 4) is 0 Å². The third-order valence-electron chi connectivity index (χ3n) is 6.44. The monoisotopic (exact) mass is 458 g/mol. The first-order chi connectivity index (χ1) is 15.4. The molecule has 1 atom stereocenters. The van der Waals surface area contributed by atoms with Gasteiger partial charge in [-0.05, 0) is 51.4 Å². The SMILES string of the molecule is CCCCCC[N+](CCCCCC)(CCCCCC)CCCCCC.NC(CO)C(=O)[O-]. The molecule has 5 heteroatoms. The summed E-state index contributed by atoms with van der Waals surface area (Å²) in [5.41, 5.74) is 4.70. The first kappa shape index (κ1) is 33.5. The second-order valence-corrected chi connectivity index (χ2v) is 9.59. The normalized spacial score (nSPS) is 12.3. The van der Waals surface area contributed by atoms with Gasteiger partial charge in [-0.15, -0.1) is 0 Å². The van der Waals surface area contributed by atoms with E-state index in [0.29, 0.717) is 0 Å². The minimum atomic E-state index is -1.43. The minimum absolute atomic E-state index is 0.567. The van der Waals surface area contributed by atoms with Crippen LogP contribution in [0.15, 0.2) is 0 Å². The van der Waals surface area contributed by atoms with Crippen LogP contribution in [0.3, 0.4) is 0 Å². The quantitative estimate of drug-likeness (QED) is 0.173. The van der Waals surface area contributed by atoms with E-state index in [1.54, 1.807) is 0 Å². The van der Waals surface area contributed by atoms with Gasteiger partial charge in [0.05, 0.1) is 44.8 Å². The smallest absolute Gasteiger partial charge is 0.0786 e. The number of quaternary nitrogens is 1. The maximum absolute atomic E-state index is 9.53. The summed E-state index contributed by atoms with van der Waals surface area (Å²) in [6.07, 6.45) is 22.8. The van der Waals surface area contributed by atoms with E-state index in [2.05, 4.69) is 27.7 Å². The maximum atomic E-state index is 9.53. The fraction of sp³-hybridized carbons (Fsp3) is 0.963. The van der Waals surface area contributed by atoms with Crippen molar-refractivity contribution in [2.24, 2.45) is 5.73 Å². The van der Waals surface area contributed by atoms with Gasteiger partial charge in [0.15, 0.2) is 0 Å². The molecule has 0 bridgehead atoms. The number of unbranched alkanes of at least 4 members (excludes halogenated alkanes) is 12. The number of carboxylic acids is 1. The number of aliphatic carboxylic acids is 1. The second kappa shape index (κ2) is 25.0. The lowest BCUT2D eigenvalue weighted by molar-refractivity contribution is -0.929. The van der Waals surface area contributed by atoms with Crippen LogP contribution in [0.5, 0.6) is 0 Å². The highest BCUT2D eigenvalue weighted by atomic mass is 16.4. The summed E-state index contributed by atoms with van der Waals surface area (Å²) in [6.45, 7) is 14.6. The van der Waals surface area contributed by atoms with E-state index in [1.807, 2.05) is 0 Å². The molecule has 0 aromatic carbocycles. The minimum Gasteiger partial charge on any atom is -0.548 e. The standard InChI is InChI=1S/C24H52N.C3H7NO3/c1-5-9-13-17-21-25(22-18-14-10-6-2,23-19-15-11-7-3)24-20-16-12-8-4;4-2(1-5)3(6)7/h5-24H2,1-4H3;2,5H,1,4H2,(H,6,7)/q+1;/p-1. The van der Waals surface area contributed by atoms with Crippen LogP contribution in [0.1, 0.15) is 130 Å². The lowest BCUT2D eigenvalue weighted by Gasteiger charge is -2.39. The molecule has 1 unspecified atom stereocenters. The molecule has 0 heterocycles. The highest BCUT2D eigenvalue weighted by Crippen LogP contribution is 2.19. The Labute approximate surface area is 200 Å². The van der Waals surface area contributed by atoms with Crippen molar-refractivity contribution in [1.29, 1.82) is 0 Å². The Morgan fingerprint density at radius 2 is 0.938 bits per heavy atom. The van der Waals surface area contributed by atoms with Crippen molar-refractivity contribution >= 4 is 5.97 Å². The molecule has 0 amide bonds. The van der Waals surface area contributed by atoms with Gasteiger partial charge in [-0.25, -0.2) is 0 Å². The van der Waals surface area contributed by atoms with Gasteiger partial charge in [0.1, 0.15) is 0 Å². The van der Waals surface area contributed by atoms with Crippen LogP contribution in [0.25, 0.3) is 0 Å². The molecular formula is C27H58N2O3. The van der Waals surface area contributed by atoms with Gasteiger partial charge in [0.25, 0.3) is 0 Å². The van der Waals surface area contributed by atoms with Crippen molar-refractivity contribution in [3.05, 3.63) is 0 Å². The molecule has 0 aromatic heterocycles. The molecule has 0 aliphatic rings. The molecule has 0 aliphatic heterocycles. The average Bonchev–Trinajstić information content (AvgIpc) is 2.80. The Kier molecular flexibility index (Phi) is 26.2. The number of nitrogens with two attached hydrogens (primary N) is 1. The first-order valence-electron chi connectivity index (χ1n) is 13.8. The molecule has 0 rings (SSSR count). The summed E-state index contributed by atoms with van der Waals surface area (Å²) in [6, 6.07) is -1.24. The van der Waals surface area contributed by atoms with Crippen molar-refractivity contribution in [2.45, 2.75) is 136 Å². The summed E-state index contributed by atoms with van der Waals surface area (Å²) in [5, 5.41) is 17.5. The topological polar surface area (TPSA) is 86.4 Å². The number of carbonyl (C=O) groups excluding carboxylic acids is 1. The summed E-state index contributed by atoms with van der Waals surface area (Å²) in [7, 11) is 0. The molecule has 0 saturated carbocycles. The number of rotatable bonds is 22. The lowest BCUT2D eigenvalue weighted by Crippen LogP contribution is -2.50. The number of hydrogen-bond donors (Lipinski definition) is 2. The van der Waals surface area contributed by atoms with Crippen LogP contribution in [0.4, 0.5) is 0 Å². The van der Waals surface area contributed by atoms with Crippen LogP contribution in [0.2, 0.25) is 0 Å². The fourth-order valence-corrected chi connectivity index (χ4v) is 4.24. The van der Waals surface area contributed by atoms with Crippen molar-refractivity contribution in [3.63, 3.8) is 0 Å². The van der Waals surface area contributed by atoms with Crippen LogP contribution in [-0.2, 0) is 4.79 Å². The second-order valence-electron chi connectivity index (χ2n) is 9.59. The molecule has 5 nitrogen and oxygen atoms in total. The molecule has 0 aliphatic carbocycles. The van der Waals surface area contributed by atoms with E-state index in [-0.39, 0.29) is 0 Å². The van der Waals surface area contributed by atoms with Crippen molar-refractivity contribution in [1.82, 2.24) is 0 Å². The summed E-state index contributed by atoms with van der Waals surface area (Å²) >= 11 is 0. The molecule has 194 valence electrons. The zero-order chi connectivity index (χ0) is 24.5. The molecule has 32 heavy (non-hydrogen) atoms. The van der Waals surface area contributed by atoms with Gasteiger partial charge in [0, 0.05) is 0 Å². The maximum Gasteiger partial charge on any atom is 0.0786 e. The zero-order valence-corrected chi connectivity index (χ0v) is 22.2.